The summed E-state index contributed by atoms with van der Waals surface area (Å²) < 4.78 is 5.72. The van der Waals surface area contributed by atoms with Crippen LogP contribution in [0.2, 0.25) is 10.0 Å². The molecule has 0 unspecified atom stereocenters. The molecule has 0 aliphatic rings. The van der Waals surface area contributed by atoms with Crippen LogP contribution in [0.1, 0.15) is 11.1 Å². The first-order valence-corrected chi connectivity index (χ1v) is 7.99. The Balaban J connectivity index is 1.94. The Morgan fingerprint density at radius 1 is 1.17 bits per heavy atom. The summed E-state index contributed by atoms with van der Waals surface area (Å²) in [5.41, 5.74) is 4.56. The highest BCUT2D eigenvalue weighted by Crippen LogP contribution is 2.25. The minimum Gasteiger partial charge on any atom is -0.489 e. The number of hydrazone groups is 1. The van der Waals surface area contributed by atoms with Crippen molar-refractivity contribution in [3.8, 4) is 5.75 Å². The molecule has 2 rings (SSSR count). The second-order valence-corrected chi connectivity index (χ2v) is 5.77. The Morgan fingerprint density at radius 3 is 2.43 bits per heavy atom. The number of nitrogens with one attached hydrogen (secondary N) is 3. The number of halogens is 2. The van der Waals surface area contributed by atoms with Crippen LogP contribution in [0.15, 0.2) is 42.5 Å². The molecule has 7 heteroatoms. The van der Waals surface area contributed by atoms with Crippen molar-refractivity contribution < 1.29 is 9.84 Å². The normalized spacial score (nSPS) is 10.6. The van der Waals surface area contributed by atoms with Crippen LogP contribution in [0.3, 0.4) is 0 Å². The van der Waals surface area contributed by atoms with Crippen molar-refractivity contribution in [3.05, 3.63) is 63.6 Å². The van der Waals surface area contributed by atoms with Crippen molar-refractivity contribution in [2.45, 2.75) is 6.61 Å². The largest absolute Gasteiger partial charge is 0.489 e. The first-order valence-electron chi connectivity index (χ1n) is 6.82. The third-order valence-electron chi connectivity index (χ3n) is 2.98. The van der Waals surface area contributed by atoms with Crippen molar-refractivity contribution >= 4 is 46.7 Å². The van der Waals surface area contributed by atoms with E-state index < -0.39 is 0 Å². The molecule has 0 aliphatic heterocycles. The lowest BCUT2D eigenvalue weighted by Crippen LogP contribution is -2.82. The first-order chi connectivity index (χ1) is 11.1. The van der Waals surface area contributed by atoms with Crippen LogP contribution in [-0.2, 0) is 6.61 Å². The fourth-order valence-electron chi connectivity index (χ4n) is 1.73. The van der Waals surface area contributed by atoms with E-state index in [-0.39, 0.29) is 0 Å². The van der Waals surface area contributed by atoms with Gasteiger partial charge in [0.25, 0.3) is 0 Å². The smallest absolute Gasteiger partial charge is 0.223 e. The summed E-state index contributed by atoms with van der Waals surface area (Å²) in [7, 11) is 1.74. The standard InChI is InChI=1S/C16H15Cl2N3OS/c1-19-16(23)21-20-9-11-5-7-12(8-6-11)22-10-13-14(17)3-2-4-15(13)18/h2-9H,10H2,1H3,(H2,19,21,23)/p+1. The van der Waals surface area contributed by atoms with Gasteiger partial charge in [0.15, 0.2) is 6.21 Å². The summed E-state index contributed by atoms with van der Waals surface area (Å²) in [5.74, 6) is 0.733. The highest BCUT2D eigenvalue weighted by molar-refractivity contribution is 7.80. The summed E-state index contributed by atoms with van der Waals surface area (Å²) in [5, 5.41) is 7.39. The van der Waals surface area contributed by atoms with Crippen molar-refractivity contribution in [2.75, 3.05) is 7.05 Å². The second kappa shape index (κ2) is 8.72. The number of ether oxygens (including phenoxy) is 1. The average Bonchev–Trinajstić information content (AvgIpc) is 2.55. The Bertz CT molecular complexity index is 685. The number of hydrogen-bond donors (Lipinski definition) is 3. The van der Waals surface area contributed by atoms with Gasteiger partial charge in [-0.15, -0.1) is 10.5 Å². The molecule has 23 heavy (non-hydrogen) atoms. The first kappa shape index (κ1) is 17.5. The molecule has 0 fully saturated rings. The molecule has 0 atom stereocenters. The maximum Gasteiger partial charge on any atom is 0.223 e. The molecule has 0 saturated heterocycles. The lowest BCUT2D eigenvalue weighted by atomic mass is 10.2. The third kappa shape index (κ3) is 5.39. The molecule has 0 saturated carbocycles. The molecule has 0 spiro atoms. The van der Waals surface area contributed by atoms with Gasteiger partial charge in [-0.05, 0) is 48.6 Å². The lowest BCUT2D eigenvalue weighted by Gasteiger charge is -2.09. The molecule has 3 N–H and O–H groups in total. The molecule has 0 heterocycles. The van der Waals surface area contributed by atoms with Gasteiger partial charge in [0.2, 0.25) is 5.11 Å². The van der Waals surface area contributed by atoms with Crippen LogP contribution in [0.4, 0.5) is 0 Å². The predicted molar refractivity (Wildman–Crippen MR) is 98.2 cm³/mol. The van der Waals surface area contributed by atoms with Gasteiger partial charge in [-0.2, -0.15) is 0 Å². The van der Waals surface area contributed by atoms with Gasteiger partial charge in [0.05, 0.1) is 0 Å². The minimum atomic E-state index is 0.317. The zero-order valence-electron chi connectivity index (χ0n) is 12.4. The van der Waals surface area contributed by atoms with E-state index >= 15 is 0 Å². The maximum atomic E-state index is 6.12. The van der Waals surface area contributed by atoms with Crippen LogP contribution in [0.25, 0.3) is 0 Å². The summed E-state index contributed by atoms with van der Waals surface area (Å²) in [6.45, 7) is 0.317. The Labute approximate surface area is 150 Å². The Kier molecular flexibility index (Phi) is 6.65. The molecule has 4 nitrogen and oxygen atoms in total. The molecule has 0 aromatic heterocycles. The van der Waals surface area contributed by atoms with E-state index in [2.05, 4.69) is 15.8 Å². The Hall–Kier alpha value is -1.82. The molecule has 2 aromatic rings. The van der Waals surface area contributed by atoms with Crippen LogP contribution < -0.4 is 20.6 Å². The van der Waals surface area contributed by atoms with Gasteiger partial charge in [-0.25, -0.2) is 0 Å². The van der Waals surface area contributed by atoms with Crippen LogP contribution >= 0.6 is 35.4 Å². The fourth-order valence-corrected chi connectivity index (χ4v) is 2.30. The van der Waals surface area contributed by atoms with Crippen molar-refractivity contribution in [1.82, 2.24) is 10.7 Å². The van der Waals surface area contributed by atoms with Gasteiger partial charge in [0.1, 0.15) is 12.4 Å². The molecule has 120 valence electrons. The van der Waals surface area contributed by atoms with Gasteiger partial charge >= 0.3 is 0 Å². The number of thiocarbonyl (C=S) groups is 1. The zero-order valence-corrected chi connectivity index (χ0v) is 14.7. The molecule has 0 aliphatic carbocycles. The molecule has 2 aromatic carbocycles. The van der Waals surface area contributed by atoms with E-state index in [0.29, 0.717) is 21.8 Å². The van der Waals surface area contributed by atoms with Crippen molar-refractivity contribution in [2.24, 2.45) is 0 Å². The maximum absolute atomic E-state index is 6.12. The second-order valence-electron chi connectivity index (χ2n) is 4.55. The predicted octanol–water partition coefficient (Wildman–Crippen LogP) is 2.08. The average molecular weight is 369 g/mol. The SMILES string of the molecule is CNC(=S)N[NH+]=Cc1ccc(OCc2c(Cl)cccc2Cl)cc1. The van der Waals surface area contributed by atoms with E-state index in [1.807, 2.05) is 24.3 Å². The number of hydrogen-bond acceptors (Lipinski definition) is 2. The zero-order chi connectivity index (χ0) is 16.7. The fraction of sp³-hybridized carbons (Fsp3) is 0.125. The van der Waals surface area contributed by atoms with Crippen molar-refractivity contribution in [3.63, 3.8) is 0 Å². The number of benzene rings is 2. The topological polar surface area (TPSA) is 47.3 Å². The van der Waals surface area contributed by atoms with Gasteiger partial charge in [-0.3, -0.25) is 0 Å². The minimum absolute atomic E-state index is 0.317. The van der Waals surface area contributed by atoms with Crippen LogP contribution in [0, 0.1) is 0 Å². The highest BCUT2D eigenvalue weighted by atomic mass is 35.5. The van der Waals surface area contributed by atoms with E-state index in [9.17, 15) is 0 Å². The highest BCUT2D eigenvalue weighted by Gasteiger charge is 2.06. The third-order valence-corrected chi connectivity index (χ3v) is 3.99. The molecular formula is C16H16Cl2N3OS+. The molecule has 0 radical (unpaired) electrons. The van der Waals surface area contributed by atoms with E-state index in [0.717, 1.165) is 16.9 Å². The van der Waals surface area contributed by atoms with E-state index in [1.54, 1.807) is 31.5 Å². The quantitative estimate of drug-likeness (QED) is 0.429. The summed E-state index contributed by atoms with van der Waals surface area (Å²) >= 11 is 17.2. The van der Waals surface area contributed by atoms with Gasteiger partial charge in [-0.1, -0.05) is 29.3 Å². The lowest BCUT2D eigenvalue weighted by molar-refractivity contribution is -0.500. The molecule has 0 bridgehead atoms. The number of hydrazine groups is 1. The van der Waals surface area contributed by atoms with E-state index in [4.69, 9.17) is 40.2 Å². The summed E-state index contributed by atoms with van der Waals surface area (Å²) in [6.07, 6.45) is 1.79. The molecular weight excluding hydrogens is 353 g/mol. The van der Waals surface area contributed by atoms with Crippen LogP contribution in [-0.4, -0.2) is 18.4 Å². The summed E-state index contributed by atoms with van der Waals surface area (Å²) in [4.78, 5) is 0. The van der Waals surface area contributed by atoms with Gasteiger partial charge < -0.3 is 10.1 Å². The summed E-state index contributed by atoms with van der Waals surface area (Å²) in [6, 6.07) is 13.0. The monoisotopic (exact) mass is 368 g/mol. The van der Waals surface area contributed by atoms with Crippen molar-refractivity contribution in [1.29, 1.82) is 0 Å². The van der Waals surface area contributed by atoms with Gasteiger partial charge in [0, 0.05) is 28.2 Å². The molecule has 0 amide bonds. The Morgan fingerprint density at radius 2 is 1.83 bits per heavy atom. The number of rotatable bonds is 5. The van der Waals surface area contributed by atoms with E-state index in [1.165, 1.54) is 0 Å². The van der Waals surface area contributed by atoms with Crippen LogP contribution in [0.5, 0.6) is 5.75 Å².